The van der Waals surface area contributed by atoms with Gasteiger partial charge in [0.2, 0.25) is 11.8 Å². The van der Waals surface area contributed by atoms with Gasteiger partial charge in [-0.15, -0.1) is 0 Å². The van der Waals surface area contributed by atoms with Gasteiger partial charge in [0.1, 0.15) is 12.2 Å². The summed E-state index contributed by atoms with van der Waals surface area (Å²) in [5.41, 5.74) is -1.67. The Bertz CT molecular complexity index is 1360. The SMILES string of the molecule is COC(=O)C(=O)NC1CCC(Oc2ccc(C(F)(F)F)cn2)CC1.O=C(O)C(=O)NC1CCC(Oc2ccc(C(F)(F)F)cn2)CC1. The number of nitrogens with zero attached hydrogens (tertiary/aromatic N) is 2. The molecule has 2 aromatic rings. The molecular weight excluding hydrogens is 646 g/mol. The number of ether oxygens (including phenoxy) is 3. The Morgan fingerprint density at radius 1 is 0.681 bits per heavy atom. The highest BCUT2D eigenvalue weighted by molar-refractivity contribution is 6.32. The highest BCUT2D eigenvalue weighted by atomic mass is 19.4. The number of carboxylic acids is 1. The molecule has 0 saturated heterocycles. The number of carboxylic acid groups (broad SMARTS) is 1. The van der Waals surface area contributed by atoms with Crippen LogP contribution in [0.2, 0.25) is 0 Å². The minimum absolute atomic E-state index is 0.107. The number of rotatable bonds is 6. The van der Waals surface area contributed by atoms with E-state index in [9.17, 15) is 45.5 Å². The number of carbonyl (C=O) groups is 4. The van der Waals surface area contributed by atoms with Crippen LogP contribution in [-0.2, 0) is 36.3 Å². The van der Waals surface area contributed by atoms with Gasteiger partial charge in [0.25, 0.3) is 0 Å². The number of methoxy groups -OCH3 is 1. The first kappa shape index (κ1) is 36.8. The first-order valence-electron chi connectivity index (χ1n) is 14.4. The second-order valence-corrected chi connectivity index (χ2v) is 10.7. The maximum atomic E-state index is 12.5. The van der Waals surface area contributed by atoms with Crippen LogP contribution in [0.3, 0.4) is 0 Å². The van der Waals surface area contributed by atoms with E-state index in [0.717, 1.165) is 25.4 Å². The summed E-state index contributed by atoms with van der Waals surface area (Å²) >= 11 is 0. The topological polar surface area (TPSA) is 166 Å². The lowest BCUT2D eigenvalue weighted by Crippen LogP contribution is -2.43. The second kappa shape index (κ2) is 16.3. The number of pyridine rings is 2. The van der Waals surface area contributed by atoms with E-state index in [1.165, 1.54) is 12.1 Å². The number of aliphatic carboxylic acids is 1. The van der Waals surface area contributed by atoms with Gasteiger partial charge in [-0.2, -0.15) is 26.3 Å². The van der Waals surface area contributed by atoms with Gasteiger partial charge < -0.3 is 30.0 Å². The molecule has 3 N–H and O–H groups in total. The smallest absolute Gasteiger partial charge is 0.417 e. The molecule has 2 heterocycles. The predicted molar refractivity (Wildman–Crippen MR) is 148 cm³/mol. The van der Waals surface area contributed by atoms with E-state index in [1.54, 1.807) is 0 Å². The van der Waals surface area contributed by atoms with Crippen molar-refractivity contribution in [3.63, 3.8) is 0 Å². The molecule has 2 aliphatic carbocycles. The Morgan fingerprint density at radius 2 is 1.06 bits per heavy atom. The zero-order valence-corrected chi connectivity index (χ0v) is 24.9. The molecule has 2 saturated carbocycles. The zero-order chi connectivity index (χ0) is 34.8. The molecule has 2 aromatic heterocycles. The van der Waals surface area contributed by atoms with E-state index < -0.39 is 47.2 Å². The fraction of sp³-hybridized carbons (Fsp3) is 0.517. The van der Waals surface area contributed by atoms with Crippen molar-refractivity contribution in [2.24, 2.45) is 0 Å². The molecule has 0 aromatic carbocycles. The summed E-state index contributed by atoms with van der Waals surface area (Å²) in [7, 11) is 1.13. The van der Waals surface area contributed by atoms with Crippen molar-refractivity contribution in [1.29, 1.82) is 0 Å². The Kier molecular flexibility index (Phi) is 12.7. The molecule has 2 amide bonds. The van der Waals surface area contributed by atoms with E-state index >= 15 is 0 Å². The van der Waals surface area contributed by atoms with E-state index in [1.807, 2.05) is 0 Å². The summed E-state index contributed by atoms with van der Waals surface area (Å²) in [6.45, 7) is 0. The monoisotopic (exact) mass is 678 g/mol. The Balaban J connectivity index is 0.000000256. The van der Waals surface area contributed by atoms with Crippen LogP contribution in [0.25, 0.3) is 0 Å². The summed E-state index contributed by atoms with van der Waals surface area (Å²) in [4.78, 5) is 51.3. The molecule has 47 heavy (non-hydrogen) atoms. The minimum atomic E-state index is -4.44. The fourth-order valence-corrected chi connectivity index (χ4v) is 4.81. The number of nitrogens with one attached hydrogen (secondary N) is 2. The lowest BCUT2D eigenvalue weighted by molar-refractivity contribution is -0.153. The van der Waals surface area contributed by atoms with Gasteiger partial charge in [-0.05, 0) is 63.5 Å². The number of alkyl halides is 6. The molecule has 4 rings (SSSR count). The highest BCUT2D eigenvalue weighted by Crippen LogP contribution is 2.31. The van der Waals surface area contributed by atoms with Crippen LogP contribution in [0.5, 0.6) is 11.8 Å². The van der Waals surface area contributed by atoms with E-state index in [4.69, 9.17) is 14.6 Å². The predicted octanol–water partition coefficient (Wildman–Crippen LogP) is 4.07. The van der Waals surface area contributed by atoms with Gasteiger partial charge in [0.15, 0.2) is 0 Å². The lowest BCUT2D eigenvalue weighted by atomic mass is 9.93. The molecule has 258 valence electrons. The quantitative estimate of drug-likeness (QED) is 0.230. The summed E-state index contributed by atoms with van der Waals surface area (Å²) in [6.07, 6.45) is -3.31. The first-order valence-corrected chi connectivity index (χ1v) is 14.4. The van der Waals surface area contributed by atoms with Crippen molar-refractivity contribution in [2.45, 2.75) is 88.0 Å². The van der Waals surface area contributed by atoms with E-state index in [0.29, 0.717) is 57.6 Å². The van der Waals surface area contributed by atoms with Crippen molar-refractivity contribution < 1.29 is 64.8 Å². The van der Waals surface area contributed by atoms with Gasteiger partial charge in [0.05, 0.1) is 18.2 Å². The number of aromatic nitrogens is 2. The van der Waals surface area contributed by atoms with Crippen LogP contribution in [0.15, 0.2) is 36.7 Å². The Morgan fingerprint density at radius 3 is 1.36 bits per heavy atom. The number of halogens is 6. The maximum absolute atomic E-state index is 12.5. The van der Waals surface area contributed by atoms with Crippen LogP contribution >= 0.6 is 0 Å². The average Bonchev–Trinajstić information content (AvgIpc) is 3.02. The third-order valence-electron chi connectivity index (χ3n) is 7.29. The van der Waals surface area contributed by atoms with Crippen LogP contribution in [-0.4, -0.2) is 70.2 Å². The molecule has 0 spiro atoms. The molecule has 2 fully saturated rings. The zero-order valence-electron chi connectivity index (χ0n) is 24.9. The largest absolute Gasteiger partial charge is 0.474 e. The molecule has 0 atom stereocenters. The summed E-state index contributed by atoms with van der Waals surface area (Å²) in [5.74, 6) is -4.06. The van der Waals surface area contributed by atoms with Crippen molar-refractivity contribution in [3.05, 3.63) is 47.8 Å². The highest BCUT2D eigenvalue weighted by Gasteiger charge is 2.32. The summed E-state index contributed by atoms with van der Waals surface area (Å²) in [6, 6.07) is 3.79. The first-order chi connectivity index (χ1) is 22.0. The van der Waals surface area contributed by atoms with Crippen molar-refractivity contribution in [3.8, 4) is 11.8 Å². The number of amides is 2. The van der Waals surface area contributed by atoms with Crippen LogP contribution in [0, 0.1) is 0 Å². The van der Waals surface area contributed by atoms with Crippen molar-refractivity contribution in [2.75, 3.05) is 7.11 Å². The Hall–Kier alpha value is -4.64. The third-order valence-corrected chi connectivity index (χ3v) is 7.29. The van der Waals surface area contributed by atoms with Gasteiger partial charge >= 0.3 is 36.1 Å². The normalized spacial score (nSPS) is 21.3. The molecule has 18 heteroatoms. The van der Waals surface area contributed by atoms with Gasteiger partial charge in [-0.1, -0.05) is 0 Å². The van der Waals surface area contributed by atoms with E-state index in [2.05, 4.69) is 25.3 Å². The van der Waals surface area contributed by atoms with Gasteiger partial charge in [-0.3, -0.25) is 9.59 Å². The van der Waals surface area contributed by atoms with Gasteiger partial charge in [-0.25, -0.2) is 19.6 Å². The molecule has 12 nitrogen and oxygen atoms in total. The lowest BCUT2D eigenvalue weighted by Gasteiger charge is -2.28. The minimum Gasteiger partial charge on any atom is -0.474 e. The van der Waals surface area contributed by atoms with Crippen molar-refractivity contribution >= 4 is 23.8 Å². The molecule has 0 aliphatic heterocycles. The third kappa shape index (κ3) is 11.9. The van der Waals surface area contributed by atoms with Crippen LogP contribution < -0.4 is 20.1 Å². The number of carbonyl (C=O) groups excluding carboxylic acids is 3. The Labute approximate surface area is 264 Å². The molecule has 0 bridgehead atoms. The second-order valence-electron chi connectivity index (χ2n) is 10.7. The van der Waals surface area contributed by atoms with Crippen molar-refractivity contribution in [1.82, 2.24) is 20.6 Å². The van der Waals surface area contributed by atoms with Crippen LogP contribution in [0.1, 0.15) is 62.5 Å². The molecular formula is C29H32F6N4O8. The van der Waals surface area contributed by atoms with Crippen LogP contribution in [0.4, 0.5) is 26.3 Å². The summed E-state index contributed by atoms with van der Waals surface area (Å²) < 4.78 is 90.1. The summed E-state index contributed by atoms with van der Waals surface area (Å²) in [5, 5.41) is 13.5. The molecule has 0 radical (unpaired) electrons. The molecule has 0 unspecified atom stereocenters. The average molecular weight is 679 g/mol. The number of hydrogen-bond donors (Lipinski definition) is 3. The fourth-order valence-electron chi connectivity index (χ4n) is 4.81. The standard InChI is InChI=1S/C15H17F3N2O4.C14H15F3N2O4/c1-23-14(22)13(21)20-10-3-5-11(6-4-10)24-12-7-2-9(8-19-12)15(16,17)18;15-14(16,17)8-1-6-11(18-7-8)23-10-4-2-9(3-5-10)19-12(20)13(21)22/h2,7-8,10-11H,3-6H2,1H3,(H,20,21);1,6-7,9-10H,2-5H2,(H,19,20)(H,21,22). The maximum Gasteiger partial charge on any atom is 0.417 e. The molecule has 2 aliphatic rings. The number of esters is 1. The van der Waals surface area contributed by atoms with E-state index in [-0.39, 0.29) is 36.1 Å². The van der Waals surface area contributed by atoms with Gasteiger partial charge in [0, 0.05) is 36.6 Å². The number of hydrogen-bond acceptors (Lipinski definition) is 9.